The zero-order valence-corrected chi connectivity index (χ0v) is 13.7. The lowest BCUT2D eigenvalue weighted by atomic mass is 10.0. The van der Waals surface area contributed by atoms with Crippen molar-refractivity contribution in [1.29, 1.82) is 0 Å². The Balaban J connectivity index is 2.89. The number of sulfonamides is 1. The Kier molecular flexibility index (Phi) is 6.35. The highest BCUT2D eigenvalue weighted by Gasteiger charge is 2.27. The van der Waals surface area contributed by atoms with Gasteiger partial charge in [0.25, 0.3) is 10.0 Å². The molecule has 2 unspecified atom stereocenters. The number of hydrogen-bond acceptors (Lipinski definition) is 5. The third kappa shape index (κ3) is 4.82. The van der Waals surface area contributed by atoms with E-state index in [9.17, 15) is 13.2 Å². The summed E-state index contributed by atoms with van der Waals surface area (Å²) in [7, 11) is -3.83. The Labute approximate surface area is 125 Å². The highest BCUT2D eigenvalue weighted by molar-refractivity contribution is 7.89. The van der Waals surface area contributed by atoms with Gasteiger partial charge in [0.1, 0.15) is 5.56 Å². The lowest BCUT2D eigenvalue weighted by molar-refractivity contribution is 0.0522. The number of aromatic nitrogens is 2. The van der Waals surface area contributed by atoms with Gasteiger partial charge in [0.15, 0.2) is 5.03 Å². The summed E-state index contributed by atoms with van der Waals surface area (Å²) in [6.07, 6.45) is 2.86. The van der Waals surface area contributed by atoms with Crippen LogP contribution in [0.4, 0.5) is 0 Å². The molecule has 1 heterocycles. The van der Waals surface area contributed by atoms with E-state index in [0.717, 1.165) is 19.0 Å². The number of ether oxygens (including phenoxy) is 1. The fourth-order valence-electron chi connectivity index (χ4n) is 1.98. The molecule has 0 bridgehead atoms. The second kappa shape index (κ2) is 7.56. The molecule has 0 fully saturated rings. The van der Waals surface area contributed by atoms with E-state index >= 15 is 0 Å². The normalized spacial score (nSPS) is 14.7. The minimum Gasteiger partial charge on any atom is -0.462 e. The topological polar surface area (TPSA) is 101 Å². The minimum absolute atomic E-state index is 0.0833. The molecule has 0 amide bonds. The van der Waals surface area contributed by atoms with Crippen LogP contribution in [0.25, 0.3) is 0 Å². The van der Waals surface area contributed by atoms with Crippen molar-refractivity contribution < 1.29 is 17.9 Å². The van der Waals surface area contributed by atoms with Gasteiger partial charge in [-0.25, -0.2) is 17.9 Å². The van der Waals surface area contributed by atoms with Crippen LogP contribution in [0, 0.1) is 5.92 Å². The standard InChI is InChI=1S/C13H23N3O4S/c1-5-9(3)7-10(4)16-21(18,19)12-11(8-14-15-12)13(17)20-6-2/h8-10,16H,5-7H2,1-4H3,(H,14,15). The van der Waals surface area contributed by atoms with Gasteiger partial charge < -0.3 is 4.74 Å². The number of nitrogens with zero attached hydrogens (tertiary/aromatic N) is 1. The maximum Gasteiger partial charge on any atom is 0.342 e. The summed E-state index contributed by atoms with van der Waals surface area (Å²) in [6, 6.07) is -0.233. The quantitative estimate of drug-likeness (QED) is 0.710. The fourth-order valence-corrected chi connectivity index (χ4v) is 3.32. The smallest absolute Gasteiger partial charge is 0.342 e. The molecule has 0 saturated heterocycles. The molecule has 2 atom stereocenters. The first-order chi connectivity index (χ1) is 9.81. The number of nitrogens with one attached hydrogen (secondary N) is 2. The van der Waals surface area contributed by atoms with Crippen LogP contribution >= 0.6 is 0 Å². The summed E-state index contributed by atoms with van der Waals surface area (Å²) in [6.45, 7) is 7.73. The van der Waals surface area contributed by atoms with Crippen molar-refractivity contribution >= 4 is 16.0 Å². The first kappa shape index (κ1) is 17.6. The van der Waals surface area contributed by atoms with Crippen LogP contribution in [0.15, 0.2) is 11.2 Å². The van der Waals surface area contributed by atoms with Crippen LogP contribution < -0.4 is 4.72 Å². The van der Waals surface area contributed by atoms with E-state index in [1.165, 1.54) is 0 Å². The Morgan fingerprint density at radius 1 is 1.43 bits per heavy atom. The lowest BCUT2D eigenvalue weighted by Crippen LogP contribution is -2.34. The second-order valence-electron chi connectivity index (χ2n) is 5.10. The molecule has 1 rings (SSSR count). The van der Waals surface area contributed by atoms with Gasteiger partial charge in [-0.3, -0.25) is 5.10 Å². The molecule has 0 spiro atoms. The predicted octanol–water partition coefficient (Wildman–Crippen LogP) is 1.69. The summed E-state index contributed by atoms with van der Waals surface area (Å²) in [5.41, 5.74) is -0.0833. The summed E-state index contributed by atoms with van der Waals surface area (Å²) >= 11 is 0. The summed E-state index contributed by atoms with van der Waals surface area (Å²) < 4.78 is 32.0. The molecule has 0 aromatic carbocycles. The zero-order valence-electron chi connectivity index (χ0n) is 12.8. The van der Waals surface area contributed by atoms with Crippen LogP contribution in [0.2, 0.25) is 0 Å². The van der Waals surface area contributed by atoms with Gasteiger partial charge in [0.2, 0.25) is 0 Å². The molecule has 120 valence electrons. The van der Waals surface area contributed by atoms with Gasteiger partial charge in [-0.1, -0.05) is 20.3 Å². The fraction of sp³-hybridized carbons (Fsp3) is 0.692. The van der Waals surface area contributed by atoms with Crippen LogP contribution in [0.1, 0.15) is 50.9 Å². The Bertz CT molecular complexity index is 568. The van der Waals surface area contributed by atoms with Crippen LogP contribution in [0.5, 0.6) is 0 Å². The average molecular weight is 317 g/mol. The van der Waals surface area contributed by atoms with Crippen molar-refractivity contribution in [2.24, 2.45) is 5.92 Å². The minimum atomic E-state index is -3.83. The number of aromatic amines is 1. The third-order valence-corrected chi connectivity index (χ3v) is 4.74. The van der Waals surface area contributed by atoms with Crippen molar-refractivity contribution in [2.75, 3.05) is 6.61 Å². The summed E-state index contributed by atoms with van der Waals surface area (Å²) in [5, 5.41) is 5.74. The predicted molar refractivity (Wildman–Crippen MR) is 78.4 cm³/mol. The van der Waals surface area contributed by atoms with Gasteiger partial charge in [0, 0.05) is 6.04 Å². The number of hydrogen-bond donors (Lipinski definition) is 2. The molecule has 0 radical (unpaired) electrons. The number of esters is 1. The Morgan fingerprint density at radius 2 is 2.10 bits per heavy atom. The Morgan fingerprint density at radius 3 is 2.67 bits per heavy atom. The molecule has 0 saturated carbocycles. The molecule has 7 nitrogen and oxygen atoms in total. The molecule has 8 heteroatoms. The zero-order chi connectivity index (χ0) is 16.0. The van der Waals surface area contributed by atoms with E-state index in [2.05, 4.69) is 28.8 Å². The average Bonchev–Trinajstić information content (AvgIpc) is 2.88. The van der Waals surface area contributed by atoms with E-state index < -0.39 is 16.0 Å². The van der Waals surface area contributed by atoms with E-state index in [1.807, 2.05) is 0 Å². The van der Waals surface area contributed by atoms with Gasteiger partial charge in [-0.05, 0) is 26.2 Å². The van der Waals surface area contributed by atoms with Crippen molar-refractivity contribution in [3.8, 4) is 0 Å². The first-order valence-corrected chi connectivity index (χ1v) is 8.52. The van der Waals surface area contributed by atoms with E-state index in [-0.39, 0.29) is 23.2 Å². The second-order valence-corrected chi connectivity index (χ2v) is 6.76. The summed E-state index contributed by atoms with van der Waals surface area (Å²) in [4.78, 5) is 11.7. The van der Waals surface area contributed by atoms with Crippen LogP contribution in [-0.4, -0.2) is 37.2 Å². The maximum atomic E-state index is 12.3. The number of H-pyrrole nitrogens is 1. The van der Waals surface area contributed by atoms with E-state index in [1.54, 1.807) is 13.8 Å². The maximum absolute atomic E-state index is 12.3. The molecular formula is C13H23N3O4S. The van der Waals surface area contributed by atoms with Gasteiger partial charge in [-0.15, -0.1) is 0 Å². The van der Waals surface area contributed by atoms with Gasteiger partial charge in [0.05, 0.1) is 12.8 Å². The lowest BCUT2D eigenvalue weighted by Gasteiger charge is -2.17. The van der Waals surface area contributed by atoms with E-state index in [0.29, 0.717) is 5.92 Å². The molecule has 0 aliphatic rings. The Hall–Kier alpha value is -1.41. The van der Waals surface area contributed by atoms with E-state index in [4.69, 9.17) is 4.74 Å². The van der Waals surface area contributed by atoms with Crippen molar-refractivity contribution in [3.63, 3.8) is 0 Å². The highest BCUT2D eigenvalue weighted by atomic mass is 32.2. The largest absolute Gasteiger partial charge is 0.462 e. The van der Waals surface area contributed by atoms with Crippen LogP contribution in [0.3, 0.4) is 0 Å². The molecule has 1 aromatic heterocycles. The van der Waals surface area contributed by atoms with Crippen molar-refractivity contribution in [2.45, 2.75) is 51.6 Å². The monoisotopic (exact) mass is 317 g/mol. The third-order valence-electron chi connectivity index (χ3n) is 3.18. The molecule has 1 aromatic rings. The first-order valence-electron chi connectivity index (χ1n) is 7.04. The molecular weight excluding hydrogens is 294 g/mol. The highest BCUT2D eigenvalue weighted by Crippen LogP contribution is 2.16. The molecule has 0 aliphatic carbocycles. The van der Waals surface area contributed by atoms with Gasteiger partial charge >= 0.3 is 5.97 Å². The van der Waals surface area contributed by atoms with Gasteiger partial charge in [-0.2, -0.15) is 5.10 Å². The SMILES string of the molecule is CCOC(=O)c1cn[nH]c1S(=O)(=O)NC(C)CC(C)CC. The van der Waals surface area contributed by atoms with Crippen molar-refractivity contribution in [1.82, 2.24) is 14.9 Å². The molecule has 21 heavy (non-hydrogen) atoms. The number of rotatable bonds is 8. The number of carbonyl (C=O) groups is 1. The number of carbonyl (C=O) groups excluding carboxylic acids is 1. The molecule has 0 aliphatic heterocycles. The molecule has 2 N–H and O–H groups in total. The summed E-state index contributed by atoms with van der Waals surface area (Å²) in [5.74, 6) is -0.296. The van der Waals surface area contributed by atoms with Crippen LogP contribution in [-0.2, 0) is 14.8 Å². The van der Waals surface area contributed by atoms with Crippen molar-refractivity contribution in [3.05, 3.63) is 11.8 Å².